The van der Waals surface area contributed by atoms with Crippen LogP contribution in [0.25, 0.3) is 0 Å². The van der Waals surface area contributed by atoms with Gasteiger partial charge in [0.15, 0.2) is 18.1 Å². The first-order valence-electron chi connectivity index (χ1n) is 8.40. The SMILES string of the molecule is C[C@@H]1[C@H](C)CCC[C@@H]1NC(=O)COC(=O)c1ccc2c(c1)OCO2. The summed E-state index contributed by atoms with van der Waals surface area (Å²) in [5, 5.41) is 2.99. The Bertz CT molecular complexity index is 630. The van der Waals surface area contributed by atoms with Gasteiger partial charge in [-0.15, -0.1) is 0 Å². The van der Waals surface area contributed by atoms with Crippen LogP contribution < -0.4 is 14.8 Å². The number of rotatable bonds is 4. The Kier molecular flexibility index (Phi) is 4.92. The number of hydrogen-bond donors (Lipinski definition) is 1. The zero-order chi connectivity index (χ0) is 17.1. The van der Waals surface area contributed by atoms with Crippen molar-refractivity contribution in [3.8, 4) is 11.5 Å². The van der Waals surface area contributed by atoms with Crippen molar-refractivity contribution in [2.24, 2.45) is 11.8 Å². The minimum atomic E-state index is -0.548. The van der Waals surface area contributed by atoms with E-state index in [1.807, 2.05) is 0 Å². The lowest BCUT2D eigenvalue weighted by molar-refractivity contribution is -0.125. The number of hydrogen-bond acceptors (Lipinski definition) is 5. The van der Waals surface area contributed by atoms with Gasteiger partial charge in [0.1, 0.15) is 0 Å². The van der Waals surface area contributed by atoms with E-state index >= 15 is 0 Å². The molecule has 24 heavy (non-hydrogen) atoms. The molecule has 130 valence electrons. The quantitative estimate of drug-likeness (QED) is 0.857. The molecule has 1 amide bonds. The minimum Gasteiger partial charge on any atom is -0.454 e. The van der Waals surface area contributed by atoms with Crippen LogP contribution in [0.5, 0.6) is 11.5 Å². The molecule has 2 aliphatic rings. The molecular formula is C18H23NO5. The second-order valence-corrected chi connectivity index (χ2v) is 6.59. The molecule has 0 spiro atoms. The molecule has 6 heteroatoms. The highest BCUT2D eigenvalue weighted by atomic mass is 16.7. The third-order valence-electron chi connectivity index (χ3n) is 5.00. The maximum absolute atomic E-state index is 12.1. The molecular weight excluding hydrogens is 310 g/mol. The largest absolute Gasteiger partial charge is 0.454 e. The summed E-state index contributed by atoms with van der Waals surface area (Å²) in [6, 6.07) is 4.97. The van der Waals surface area contributed by atoms with Gasteiger partial charge in [0, 0.05) is 6.04 Å². The van der Waals surface area contributed by atoms with Crippen LogP contribution >= 0.6 is 0 Å². The molecule has 1 aliphatic heterocycles. The fourth-order valence-corrected chi connectivity index (χ4v) is 3.27. The first-order chi connectivity index (χ1) is 11.5. The fraction of sp³-hybridized carbons (Fsp3) is 0.556. The molecule has 1 fully saturated rings. The molecule has 1 aliphatic carbocycles. The van der Waals surface area contributed by atoms with Crippen molar-refractivity contribution in [2.45, 2.75) is 39.2 Å². The molecule has 0 unspecified atom stereocenters. The lowest BCUT2D eigenvalue weighted by atomic mass is 9.78. The van der Waals surface area contributed by atoms with Crippen molar-refractivity contribution in [1.29, 1.82) is 0 Å². The van der Waals surface area contributed by atoms with Crippen LogP contribution in [-0.2, 0) is 9.53 Å². The van der Waals surface area contributed by atoms with Crippen LogP contribution in [0.4, 0.5) is 0 Å². The van der Waals surface area contributed by atoms with Crippen molar-refractivity contribution < 1.29 is 23.8 Å². The Balaban J connectivity index is 1.50. The molecule has 3 atom stereocenters. The van der Waals surface area contributed by atoms with Gasteiger partial charge >= 0.3 is 5.97 Å². The normalized spacial score (nSPS) is 25.2. The van der Waals surface area contributed by atoms with Crippen molar-refractivity contribution in [3.63, 3.8) is 0 Å². The monoisotopic (exact) mass is 333 g/mol. The summed E-state index contributed by atoms with van der Waals surface area (Å²) in [7, 11) is 0. The number of benzene rings is 1. The Hall–Kier alpha value is -2.24. The summed E-state index contributed by atoms with van der Waals surface area (Å²) in [6.45, 7) is 4.25. The number of esters is 1. The molecule has 1 heterocycles. The molecule has 1 N–H and O–H groups in total. The number of carbonyl (C=O) groups is 2. The van der Waals surface area contributed by atoms with E-state index in [-0.39, 0.29) is 25.3 Å². The van der Waals surface area contributed by atoms with Crippen LogP contribution in [0.3, 0.4) is 0 Å². The van der Waals surface area contributed by atoms with E-state index in [0.29, 0.717) is 28.9 Å². The molecule has 1 aromatic rings. The third-order valence-corrected chi connectivity index (χ3v) is 5.00. The van der Waals surface area contributed by atoms with Gasteiger partial charge in [0.2, 0.25) is 6.79 Å². The summed E-state index contributed by atoms with van der Waals surface area (Å²) in [6.07, 6.45) is 3.30. The third kappa shape index (κ3) is 3.63. The van der Waals surface area contributed by atoms with E-state index < -0.39 is 5.97 Å². The second kappa shape index (κ2) is 7.11. The van der Waals surface area contributed by atoms with Crippen molar-refractivity contribution in [3.05, 3.63) is 23.8 Å². The number of fused-ring (bicyclic) bond motifs is 1. The molecule has 0 bridgehead atoms. The van der Waals surface area contributed by atoms with E-state index in [0.717, 1.165) is 12.8 Å². The highest BCUT2D eigenvalue weighted by Crippen LogP contribution is 2.32. The van der Waals surface area contributed by atoms with Crippen LogP contribution in [0.15, 0.2) is 18.2 Å². The molecule has 0 aromatic heterocycles. The van der Waals surface area contributed by atoms with E-state index in [4.69, 9.17) is 14.2 Å². The Morgan fingerprint density at radius 2 is 2.00 bits per heavy atom. The van der Waals surface area contributed by atoms with E-state index in [1.165, 1.54) is 6.42 Å². The minimum absolute atomic E-state index is 0.147. The lowest BCUT2D eigenvalue weighted by Gasteiger charge is -2.34. The molecule has 1 saturated carbocycles. The Labute approximate surface area is 141 Å². The zero-order valence-electron chi connectivity index (χ0n) is 14.0. The zero-order valence-corrected chi connectivity index (χ0v) is 14.0. The summed E-state index contributed by atoms with van der Waals surface area (Å²) >= 11 is 0. The first-order valence-corrected chi connectivity index (χ1v) is 8.40. The Morgan fingerprint density at radius 1 is 1.21 bits per heavy atom. The maximum Gasteiger partial charge on any atom is 0.338 e. The van der Waals surface area contributed by atoms with Crippen molar-refractivity contribution in [2.75, 3.05) is 13.4 Å². The highest BCUT2D eigenvalue weighted by Gasteiger charge is 2.28. The van der Waals surface area contributed by atoms with Gasteiger partial charge in [0.05, 0.1) is 5.56 Å². The standard InChI is InChI=1S/C18H23NO5/c1-11-4-3-5-14(12(11)2)19-17(20)9-22-18(21)13-6-7-15-16(8-13)24-10-23-15/h6-8,11-12,14H,3-5,9-10H2,1-2H3,(H,19,20)/t11-,12-,14+/m1/s1. The van der Waals surface area contributed by atoms with Crippen LogP contribution in [0.1, 0.15) is 43.5 Å². The topological polar surface area (TPSA) is 73.9 Å². The summed E-state index contributed by atoms with van der Waals surface area (Å²) in [4.78, 5) is 24.1. The van der Waals surface area contributed by atoms with E-state index in [9.17, 15) is 9.59 Å². The van der Waals surface area contributed by atoms with Gasteiger partial charge in [0.25, 0.3) is 5.91 Å². The predicted molar refractivity (Wildman–Crippen MR) is 87.0 cm³/mol. The number of ether oxygens (including phenoxy) is 3. The molecule has 3 rings (SSSR count). The second-order valence-electron chi connectivity index (χ2n) is 6.59. The maximum atomic E-state index is 12.1. The van der Waals surface area contributed by atoms with E-state index in [2.05, 4.69) is 19.2 Å². The predicted octanol–water partition coefficient (Wildman–Crippen LogP) is 2.51. The van der Waals surface area contributed by atoms with Crippen LogP contribution in [0, 0.1) is 11.8 Å². The Morgan fingerprint density at radius 3 is 2.83 bits per heavy atom. The first kappa shape index (κ1) is 16.6. The van der Waals surface area contributed by atoms with Gasteiger partial charge in [-0.1, -0.05) is 26.7 Å². The summed E-state index contributed by atoms with van der Waals surface area (Å²) in [5.41, 5.74) is 0.340. The molecule has 0 saturated heterocycles. The molecule has 0 radical (unpaired) electrons. The number of nitrogens with one attached hydrogen (secondary N) is 1. The van der Waals surface area contributed by atoms with E-state index in [1.54, 1.807) is 18.2 Å². The van der Waals surface area contributed by atoms with Crippen LogP contribution in [0.2, 0.25) is 0 Å². The number of amides is 1. The summed E-state index contributed by atoms with van der Waals surface area (Å²) in [5.74, 6) is 1.35. The van der Waals surface area contributed by atoms with Gasteiger partial charge in [-0.3, -0.25) is 4.79 Å². The average molecular weight is 333 g/mol. The van der Waals surface area contributed by atoms with Gasteiger partial charge < -0.3 is 19.5 Å². The lowest BCUT2D eigenvalue weighted by Crippen LogP contribution is -2.45. The van der Waals surface area contributed by atoms with Gasteiger partial charge in [-0.2, -0.15) is 0 Å². The smallest absolute Gasteiger partial charge is 0.338 e. The number of carbonyl (C=O) groups excluding carboxylic acids is 2. The average Bonchev–Trinajstić information content (AvgIpc) is 3.04. The summed E-state index contributed by atoms with van der Waals surface area (Å²) < 4.78 is 15.5. The van der Waals surface area contributed by atoms with Gasteiger partial charge in [-0.05, 0) is 36.5 Å². The molecule has 1 aromatic carbocycles. The highest BCUT2D eigenvalue weighted by molar-refractivity contribution is 5.92. The van der Waals surface area contributed by atoms with Crippen LogP contribution in [-0.4, -0.2) is 31.3 Å². The fourth-order valence-electron chi connectivity index (χ4n) is 3.27. The van der Waals surface area contributed by atoms with Crippen molar-refractivity contribution in [1.82, 2.24) is 5.32 Å². The van der Waals surface area contributed by atoms with Gasteiger partial charge in [-0.25, -0.2) is 4.79 Å². The van der Waals surface area contributed by atoms with Crippen molar-refractivity contribution >= 4 is 11.9 Å². The molecule has 6 nitrogen and oxygen atoms in total.